The van der Waals surface area contributed by atoms with Crippen molar-refractivity contribution in [1.82, 2.24) is 14.9 Å². The van der Waals surface area contributed by atoms with Gasteiger partial charge in [-0.2, -0.15) is 5.06 Å². The summed E-state index contributed by atoms with van der Waals surface area (Å²) < 4.78 is 5.31. The smallest absolute Gasteiger partial charge is 0.345 e. The van der Waals surface area contributed by atoms with E-state index >= 15 is 0 Å². The topological polar surface area (TPSA) is 79.0 Å². The van der Waals surface area contributed by atoms with Crippen molar-refractivity contribution in [3.05, 3.63) is 37.1 Å². The minimum atomic E-state index is -0.379. The highest BCUT2D eigenvalue weighted by Crippen LogP contribution is 2.35. The van der Waals surface area contributed by atoms with E-state index in [1.54, 1.807) is 17.2 Å². The van der Waals surface area contributed by atoms with Gasteiger partial charge >= 0.3 is 6.03 Å². The Morgan fingerprint density at radius 2 is 2.50 bits per heavy atom. The van der Waals surface area contributed by atoms with E-state index in [0.29, 0.717) is 12.3 Å². The van der Waals surface area contributed by atoms with Crippen LogP contribution in [-0.2, 0) is 4.84 Å². The van der Waals surface area contributed by atoms with Crippen LogP contribution < -0.4 is 0 Å². The Morgan fingerprint density at radius 3 is 3.15 bits per heavy atom. The van der Waals surface area contributed by atoms with Crippen molar-refractivity contribution >= 4 is 11.6 Å². The van der Waals surface area contributed by atoms with Gasteiger partial charge in [-0.3, -0.25) is 4.84 Å². The van der Waals surface area contributed by atoms with Crippen LogP contribution in [0.1, 0.15) is 5.76 Å². The molecule has 2 bridgehead atoms. The normalized spacial score (nSPS) is 25.1. The van der Waals surface area contributed by atoms with Gasteiger partial charge in [-0.25, -0.2) is 9.78 Å². The molecule has 0 radical (unpaired) electrons. The molecule has 3 heterocycles. The van der Waals surface area contributed by atoms with Gasteiger partial charge in [0.05, 0.1) is 32.0 Å². The molecule has 1 aromatic rings. The summed E-state index contributed by atoms with van der Waals surface area (Å²) in [5.41, 5.74) is 0.799. The van der Waals surface area contributed by atoms with E-state index in [9.17, 15) is 9.90 Å². The molecule has 2 aliphatic heterocycles. The molecule has 0 spiro atoms. The molecular formula is C13H15N3O4. The summed E-state index contributed by atoms with van der Waals surface area (Å²) in [5, 5.41) is 10.8. The number of aliphatic hydroxyl groups is 1. The fourth-order valence-corrected chi connectivity index (χ4v) is 2.54. The van der Waals surface area contributed by atoms with E-state index in [1.807, 2.05) is 6.08 Å². The molecule has 1 fully saturated rings. The summed E-state index contributed by atoms with van der Waals surface area (Å²) in [6, 6.07) is -0.906. The predicted octanol–water partition coefficient (Wildman–Crippen LogP) is 0.656. The summed E-state index contributed by atoms with van der Waals surface area (Å²) in [6.45, 7) is 4.12. The molecule has 20 heavy (non-hydrogen) atoms. The number of oxazole rings is 1. The Kier molecular flexibility index (Phi) is 3.29. The Hall–Kier alpha value is -2.12. The summed E-state index contributed by atoms with van der Waals surface area (Å²) in [4.78, 5) is 23.2. The third-order valence-corrected chi connectivity index (χ3v) is 3.45. The van der Waals surface area contributed by atoms with Crippen LogP contribution in [0.2, 0.25) is 0 Å². The number of hydroxylamine groups is 2. The number of hydrogen-bond acceptors (Lipinski definition) is 5. The fraction of sp³-hybridized carbons (Fsp3) is 0.385. The van der Waals surface area contributed by atoms with Crippen molar-refractivity contribution < 1.29 is 19.2 Å². The number of carbonyl (C=O) groups is 1. The van der Waals surface area contributed by atoms with E-state index in [1.165, 1.54) is 11.5 Å². The second-order valence-corrected chi connectivity index (χ2v) is 4.60. The molecule has 2 amide bonds. The maximum Gasteiger partial charge on any atom is 0.345 e. The molecule has 7 heteroatoms. The Balaban J connectivity index is 1.95. The molecule has 7 nitrogen and oxygen atoms in total. The number of rotatable bonds is 5. The zero-order chi connectivity index (χ0) is 14.1. The number of fused-ring (bicyclic) bond motifs is 2. The van der Waals surface area contributed by atoms with Crippen LogP contribution in [0.5, 0.6) is 0 Å². The van der Waals surface area contributed by atoms with E-state index in [4.69, 9.17) is 9.25 Å². The van der Waals surface area contributed by atoms with Gasteiger partial charge in [0.2, 0.25) is 0 Å². The number of urea groups is 1. The highest BCUT2D eigenvalue weighted by molar-refractivity contribution is 5.84. The number of nitrogens with zero attached hydrogens (tertiary/aromatic N) is 3. The lowest BCUT2D eigenvalue weighted by Crippen LogP contribution is -2.40. The van der Waals surface area contributed by atoms with Gasteiger partial charge in [0.25, 0.3) is 0 Å². The molecule has 106 valence electrons. The summed E-state index contributed by atoms with van der Waals surface area (Å²) in [7, 11) is 0. The summed E-state index contributed by atoms with van der Waals surface area (Å²) in [6.07, 6.45) is 6.32. The van der Waals surface area contributed by atoms with Crippen LogP contribution in [0.3, 0.4) is 0 Å². The van der Waals surface area contributed by atoms with Crippen LogP contribution >= 0.6 is 0 Å². The van der Waals surface area contributed by atoms with Gasteiger partial charge in [-0.1, -0.05) is 12.2 Å². The average molecular weight is 277 g/mol. The van der Waals surface area contributed by atoms with Gasteiger partial charge in [-0.15, -0.1) is 6.58 Å². The van der Waals surface area contributed by atoms with Gasteiger partial charge in [0.15, 0.2) is 12.2 Å². The third-order valence-electron chi connectivity index (χ3n) is 3.45. The SMILES string of the molecule is C=CCON1C(=O)N2CC1C(c1cnco1)=C[C@H]2CO. The molecule has 0 saturated carbocycles. The van der Waals surface area contributed by atoms with Crippen molar-refractivity contribution in [2.24, 2.45) is 0 Å². The lowest BCUT2D eigenvalue weighted by Gasteiger charge is -2.27. The lowest BCUT2D eigenvalue weighted by atomic mass is 9.98. The molecule has 3 rings (SSSR count). The van der Waals surface area contributed by atoms with Gasteiger partial charge in [-0.05, 0) is 0 Å². The van der Waals surface area contributed by atoms with Crippen LogP contribution in [0, 0.1) is 0 Å². The zero-order valence-electron chi connectivity index (χ0n) is 10.8. The largest absolute Gasteiger partial charge is 0.444 e. The molecule has 1 unspecified atom stereocenters. The number of amides is 2. The average Bonchev–Trinajstić information content (AvgIpc) is 3.08. The van der Waals surface area contributed by atoms with Gasteiger partial charge < -0.3 is 14.4 Å². The molecular weight excluding hydrogens is 262 g/mol. The van der Waals surface area contributed by atoms with Crippen molar-refractivity contribution in [3.8, 4) is 0 Å². The molecule has 2 aliphatic rings. The van der Waals surface area contributed by atoms with Crippen LogP contribution in [0.25, 0.3) is 5.57 Å². The molecule has 1 N–H and O–H groups in total. The fourth-order valence-electron chi connectivity index (χ4n) is 2.54. The van der Waals surface area contributed by atoms with Gasteiger partial charge in [0, 0.05) is 5.57 Å². The summed E-state index contributed by atoms with van der Waals surface area (Å²) in [5.74, 6) is 0.579. The number of aromatic nitrogens is 1. The minimum Gasteiger partial charge on any atom is -0.444 e. The van der Waals surface area contributed by atoms with E-state index in [-0.39, 0.29) is 31.3 Å². The van der Waals surface area contributed by atoms with E-state index in [2.05, 4.69) is 11.6 Å². The standard InChI is InChI=1S/C13H15N3O4/c1-2-3-20-16-11-6-15(13(16)18)9(7-17)4-10(11)12-5-14-8-19-12/h2,4-5,8-9,11,17H,1,3,6-7H2/t9-,11?/m0/s1. The molecule has 1 saturated heterocycles. The number of carbonyl (C=O) groups excluding carboxylic acids is 1. The zero-order valence-corrected chi connectivity index (χ0v) is 10.8. The first-order valence-corrected chi connectivity index (χ1v) is 6.31. The van der Waals surface area contributed by atoms with Crippen molar-refractivity contribution in [1.29, 1.82) is 0 Å². The van der Waals surface area contributed by atoms with Crippen molar-refractivity contribution in [2.45, 2.75) is 12.1 Å². The van der Waals surface area contributed by atoms with E-state index in [0.717, 1.165) is 5.57 Å². The molecule has 2 atom stereocenters. The first kappa shape index (κ1) is 12.9. The number of hydrogen-bond donors (Lipinski definition) is 1. The molecule has 0 aliphatic carbocycles. The first-order valence-electron chi connectivity index (χ1n) is 6.31. The Labute approximate surface area is 115 Å². The van der Waals surface area contributed by atoms with Crippen molar-refractivity contribution in [3.63, 3.8) is 0 Å². The van der Waals surface area contributed by atoms with Crippen LogP contribution in [-0.4, -0.2) is 57.9 Å². The lowest BCUT2D eigenvalue weighted by molar-refractivity contribution is -0.106. The highest BCUT2D eigenvalue weighted by Gasteiger charge is 2.47. The van der Waals surface area contributed by atoms with Crippen molar-refractivity contribution in [2.75, 3.05) is 19.8 Å². The quantitative estimate of drug-likeness (QED) is 0.800. The maximum absolute atomic E-state index is 12.3. The monoisotopic (exact) mass is 277 g/mol. The van der Waals surface area contributed by atoms with Gasteiger partial charge in [0.1, 0.15) is 6.04 Å². The predicted molar refractivity (Wildman–Crippen MR) is 69.2 cm³/mol. The number of aliphatic hydroxyl groups excluding tert-OH is 1. The highest BCUT2D eigenvalue weighted by atomic mass is 16.7. The molecule has 1 aromatic heterocycles. The third kappa shape index (κ3) is 1.91. The van der Waals surface area contributed by atoms with Crippen LogP contribution in [0.4, 0.5) is 4.79 Å². The Morgan fingerprint density at radius 1 is 1.65 bits per heavy atom. The first-order chi connectivity index (χ1) is 9.76. The van der Waals surface area contributed by atoms with Crippen LogP contribution in [0.15, 0.2) is 35.7 Å². The Bertz CT molecular complexity index is 540. The minimum absolute atomic E-state index is 0.147. The molecule has 0 aromatic carbocycles. The second kappa shape index (κ2) is 5.10. The summed E-state index contributed by atoms with van der Waals surface area (Å²) >= 11 is 0. The second-order valence-electron chi connectivity index (χ2n) is 4.60. The maximum atomic E-state index is 12.3. The van der Waals surface area contributed by atoms with E-state index < -0.39 is 0 Å².